The molecule has 9 nitrogen and oxygen atoms in total. The minimum Gasteiger partial charge on any atom is -0.486 e. The summed E-state index contributed by atoms with van der Waals surface area (Å²) in [5.74, 6) is 0.0927. The number of furan rings is 1. The molecule has 0 saturated heterocycles. The fraction of sp³-hybridized carbons (Fsp3) is 0.174. The van der Waals surface area contributed by atoms with E-state index in [4.69, 9.17) is 9.15 Å². The van der Waals surface area contributed by atoms with Crippen molar-refractivity contribution in [2.45, 2.75) is 25.5 Å². The van der Waals surface area contributed by atoms with E-state index in [0.29, 0.717) is 22.8 Å². The molecular weight excluding hydrogens is 412 g/mol. The van der Waals surface area contributed by atoms with E-state index >= 15 is 0 Å². The summed E-state index contributed by atoms with van der Waals surface area (Å²) in [5, 5.41) is 5.51. The van der Waals surface area contributed by atoms with E-state index in [9.17, 15) is 14.4 Å². The molecule has 0 unspecified atom stereocenters. The van der Waals surface area contributed by atoms with Crippen LogP contribution >= 0.6 is 0 Å². The normalized spacial score (nSPS) is 12.5. The molecule has 4 N–H and O–H groups in total. The molecule has 0 radical (unpaired) electrons. The van der Waals surface area contributed by atoms with E-state index < -0.39 is 11.8 Å². The van der Waals surface area contributed by atoms with Crippen molar-refractivity contribution in [2.24, 2.45) is 0 Å². The number of hydrazine groups is 1. The Hall–Kier alpha value is -4.27. The standard InChI is InChI=1S/C23H22N4O5/c28-21(15-6-8-16(9-7-15)24-23(30)25-17-10-11-17)26-27-22(29)20-13-12-19(32-20)14-31-18-4-2-1-3-5-18/h1-9,12-13,17H,10-11,14H2,(H,26,28)(H,27,29)(H2,24,25,30). The number of urea groups is 1. The number of nitrogens with one attached hydrogen (secondary N) is 4. The van der Waals surface area contributed by atoms with Gasteiger partial charge in [0, 0.05) is 17.3 Å². The highest BCUT2D eigenvalue weighted by atomic mass is 16.5. The summed E-state index contributed by atoms with van der Waals surface area (Å²) >= 11 is 0. The number of rotatable bonds is 7. The Labute approximate surface area is 184 Å². The van der Waals surface area contributed by atoms with Crippen LogP contribution in [0.15, 0.2) is 71.1 Å². The molecule has 4 amide bonds. The van der Waals surface area contributed by atoms with Crippen molar-refractivity contribution in [1.29, 1.82) is 0 Å². The van der Waals surface area contributed by atoms with Crippen molar-refractivity contribution >= 4 is 23.5 Å². The highest BCUT2D eigenvalue weighted by molar-refractivity contribution is 5.98. The van der Waals surface area contributed by atoms with Crippen LogP contribution in [-0.4, -0.2) is 23.9 Å². The Kier molecular flexibility index (Phi) is 6.35. The van der Waals surface area contributed by atoms with Gasteiger partial charge in [-0.3, -0.25) is 20.4 Å². The molecule has 0 bridgehead atoms. The first-order valence-electron chi connectivity index (χ1n) is 10.1. The molecule has 0 atom stereocenters. The first kappa shape index (κ1) is 21.0. The van der Waals surface area contributed by atoms with Crippen molar-refractivity contribution in [3.63, 3.8) is 0 Å². The first-order valence-corrected chi connectivity index (χ1v) is 10.1. The number of ether oxygens (including phenoxy) is 1. The molecule has 3 aromatic rings. The molecule has 1 aromatic heterocycles. The molecule has 32 heavy (non-hydrogen) atoms. The van der Waals surface area contributed by atoms with Gasteiger partial charge in [-0.15, -0.1) is 0 Å². The fourth-order valence-corrected chi connectivity index (χ4v) is 2.78. The van der Waals surface area contributed by atoms with Gasteiger partial charge in [0.2, 0.25) is 0 Å². The number of carbonyl (C=O) groups excluding carboxylic acids is 3. The maximum atomic E-state index is 12.3. The maximum absolute atomic E-state index is 12.3. The average molecular weight is 434 g/mol. The van der Waals surface area contributed by atoms with Crippen molar-refractivity contribution in [1.82, 2.24) is 16.2 Å². The van der Waals surface area contributed by atoms with Crippen LogP contribution in [0.25, 0.3) is 0 Å². The molecule has 9 heteroatoms. The summed E-state index contributed by atoms with van der Waals surface area (Å²) in [6.07, 6.45) is 2.00. The lowest BCUT2D eigenvalue weighted by atomic mass is 10.2. The molecule has 1 aliphatic rings. The van der Waals surface area contributed by atoms with Crippen molar-refractivity contribution in [3.8, 4) is 5.75 Å². The highest BCUT2D eigenvalue weighted by Gasteiger charge is 2.23. The van der Waals surface area contributed by atoms with Gasteiger partial charge in [-0.25, -0.2) is 4.79 Å². The zero-order valence-electron chi connectivity index (χ0n) is 17.1. The van der Waals surface area contributed by atoms with Crippen molar-refractivity contribution < 1.29 is 23.5 Å². The van der Waals surface area contributed by atoms with Crippen LogP contribution in [0.5, 0.6) is 5.75 Å². The van der Waals surface area contributed by atoms with Crippen molar-refractivity contribution in [2.75, 3.05) is 5.32 Å². The number of carbonyl (C=O) groups is 3. The summed E-state index contributed by atoms with van der Waals surface area (Å²) in [6, 6.07) is 18.6. The Morgan fingerprint density at radius 3 is 2.31 bits per heavy atom. The Bertz CT molecular complexity index is 1090. The molecule has 164 valence electrons. The summed E-state index contributed by atoms with van der Waals surface area (Å²) < 4.78 is 11.0. The van der Waals surface area contributed by atoms with Gasteiger partial charge < -0.3 is 19.8 Å². The van der Waals surface area contributed by atoms with Gasteiger partial charge in [-0.1, -0.05) is 18.2 Å². The lowest BCUT2D eigenvalue weighted by molar-refractivity contribution is 0.0828. The Morgan fingerprint density at radius 2 is 1.59 bits per heavy atom. The first-order chi connectivity index (χ1) is 15.6. The molecule has 0 aliphatic heterocycles. The van der Waals surface area contributed by atoms with E-state index in [2.05, 4.69) is 21.5 Å². The fourth-order valence-electron chi connectivity index (χ4n) is 2.78. The summed E-state index contributed by atoms with van der Waals surface area (Å²) in [6.45, 7) is 0.169. The quantitative estimate of drug-likeness (QED) is 0.426. The van der Waals surface area contributed by atoms with Gasteiger partial charge in [-0.05, 0) is 61.4 Å². The second-order valence-corrected chi connectivity index (χ2v) is 7.23. The van der Waals surface area contributed by atoms with E-state index in [1.165, 1.54) is 6.07 Å². The zero-order chi connectivity index (χ0) is 22.3. The maximum Gasteiger partial charge on any atom is 0.319 e. The van der Waals surface area contributed by atoms with Gasteiger partial charge in [-0.2, -0.15) is 0 Å². The van der Waals surface area contributed by atoms with E-state index in [1.807, 2.05) is 30.3 Å². The third-order valence-electron chi connectivity index (χ3n) is 4.62. The summed E-state index contributed by atoms with van der Waals surface area (Å²) in [5.41, 5.74) is 5.51. The lowest BCUT2D eigenvalue weighted by Crippen LogP contribution is -2.41. The monoisotopic (exact) mass is 434 g/mol. The second kappa shape index (κ2) is 9.69. The lowest BCUT2D eigenvalue weighted by Gasteiger charge is -2.08. The SMILES string of the molecule is O=C(Nc1ccc(C(=O)NNC(=O)c2ccc(COc3ccccc3)o2)cc1)NC1CC1. The van der Waals surface area contributed by atoms with Crippen LogP contribution in [0.2, 0.25) is 0 Å². The van der Waals surface area contributed by atoms with Crippen LogP contribution in [0.1, 0.15) is 39.5 Å². The molecule has 1 aliphatic carbocycles. The van der Waals surface area contributed by atoms with E-state index in [0.717, 1.165) is 12.8 Å². The molecule has 0 spiro atoms. The Morgan fingerprint density at radius 1 is 0.875 bits per heavy atom. The third kappa shape index (κ3) is 5.88. The summed E-state index contributed by atoms with van der Waals surface area (Å²) in [4.78, 5) is 36.2. The largest absolute Gasteiger partial charge is 0.486 e. The van der Waals surface area contributed by atoms with Gasteiger partial charge in [0.1, 0.15) is 18.1 Å². The van der Waals surface area contributed by atoms with Crippen LogP contribution in [0, 0.1) is 0 Å². The topological polar surface area (TPSA) is 122 Å². The minimum atomic E-state index is -0.598. The molecule has 2 aromatic carbocycles. The Balaban J connectivity index is 1.23. The van der Waals surface area contributed by atoms with Crippen LogP contribution in [-0.2, 0) is 6.61 Å². The average Bonchev–Trinajstić information content (AvgIpc) is 3.49. The highest BCUT2D eigenvalue weighted by Crippen LogP contribution is 2.19. The van der Waals surface area contributed by atoms with Crippen LogP contribution in [0.4, 0.5) is 10.5 Å². The number of para-hydroxylation sites is 1. The number of amides is 4. The van der Waals surface area contributed by atoms with Crippen molar-refractivity contribution in [3.05, 3.63) is 83.8 Å². The van der Waals surface area contributed by atoms with Crippen LogP contribution < -0.4 is 26.2 Å². The van der Waals surface area contributed by atoms with Crippen LogP contribution in [0.3, 0.4) is 0 Å². The third-order valence-corrected chi connectivity index (χ3v) is 4.62. The predicted octanol–water partition coefficient (Wildman–Crippen LogP) is 3.22. The number of anilines is 1. The molecule has 1 saturated carbocycles. The second-order valence-electron chi connectivity index (χ2n) is 7.23. The zero-order valence-corrected chi connectivity index (χ0v) is 17.1. The molecule has 4 rings (SSSR count). The smallest absolute Gasteiger partial charge is 0.319 e. The number of hydrogen-bond acceptors (Lipinski definition) is 5. The number of benzene rings is 2. The minimum absolute atomic E-state index is 0.0400. The molecule has 1 heterocycles. The number of hydrogen-bond donors (Lipinski definition) is 4. The molecular formula is C23H22N4O5. The van der Waals surface area contributed by atoms with E-state index in [1.54, 1.807) is 30.3 Å². The predicted molar refractivity (Wildman–Crippen MR) is 116 cm³/mol. The van der Waals surface area contributed by atoms with Gasteiger partial charge in [0.15, 0.2) is 5.76 Å². The van der Waals surface area contributed by atoms with Gasteiger partial charge >= 0.3 is 11.9 Å². The molecule has 1 fully saturated rings. The van der Waals surface area contributed by atoms with Gasteiger partial charge in [0.25, 0.3) is 5.91 Å². The van der Waals surface area contributed by atoms with E-state index in [-0.39, 0.29) is 24.4 Å². The summed E-state index contributed by atoms with van der Waals surface area (Å²) in [7, 11) is 0. The van der Waals surface area contributed by atoms with Gasteiger partial charge in [0.05, 0.1) is 0 Å².